The second kappa shape index (κ2) is 5.27. The molecule has 0 bridgehead atoms. The molecule has 5 heteroatoms. The van der Waals surface area contributed by atoms with Gasteiger partial charge in [0.2, 0.25) is 0 Å². The number of hydrogen-bond acceptors (Lipinski definition) is 4. The van der Waals surface area contributed by atoms with Crippen LogP contribution in [0.2, 0.25) is 0 Å². The van der Waals surface area contributed by atoms with Crippen LogP contribution in [0.5, 0.6) is 5.75 Å². The molecule has 1 unspecified atom stereocenters. The Balaban J connectivity index is 1.56. The van der Waals surface area contributed by atoms with Gasteiger partial charge in [0.1, 0.15) is 11.9 Å². The quantitative estimate of drug-likeness (QED) is 0.854. The molecule has 0 aliphatic carbocycles. The van der Waals surface area contributed by atoms with Gasteiger partial charge in [-0.15, -0.1) is 24.0 Å². The van der Waals surface area contributed by atoms with Gasteiger partial charge in [-0.3, -0.25) is 4.79 Å². The van der Waals surface area contributed by atoms with Gasteiger partial charge in [0.15, 0.2) is 0 Å². The molecule has 1 atom stereocenters. The third kappa shape index (κ3) is 2.77. The summed E-state index contributed by atoms with van der Waals surface area (Å²) in [5.41, 5.74) is 1.20. The van der Waals surface area contributed by atoms with E-state index in [9.17, 15) is 4.79 Å². The lowest BCUT2D eigenvalue weighted by molar-refractivity contribution is 0.0937. The van der Waals surface area contributed by atoms with Crippen LogP contribution in [0.4, 0.5) is 0 Å². The molecule has 1 aromatic carbocycles. The number of thiol groups is 1. The highest BCUT2D eigenvalue weighted by Crippen LogP contribution is 2.27. The van der Waals surface area contributed by atoms with Crippen LogP contribution in [0.15, 0.2) is 40.6 Å². The first kappa shape index (κ1) is 12.6. The van der Waals surface area contributed by atoms with Gasteiger partial charge < -0.3 is 10.1 Å². The molecule has 3 rings (SSSR count). The summed E-state index contributed by atoms with van der Waals surface area (Å²) in [7, 11) is 0. The first-order valence-electron chi connectivity index (χ1n) is 6.02. The highest BCUT2D eigenvalue weighted by Gasteiger charge is 2.22. The van der Waals surface area contributed by atoms with Crippen LogP contribution in [0, 0.1) is 0 Å². The SMILES string of the molecule is O=C(NCC1Cc2ccccc2O1)c1cc(S)cs1. The van der Waals surface area contributed by atoms with Crippen molar-refractivity contribution in [1.29, 1.82) is 0 Å². The molecule has 1 aliphatic heterocycles. The lowest BCUT2D eigenvalue weighted by Gasteiger charge is -2.11. The monoisotopic (exact) mass is 291 g/mol. The van der Waals surface area contributed by atoms with Crippen LogP contribution >= 0.6 is 24.0 Å². The van der Waals surface area contributed by atoms with Crippen molar-refractivity contribution in [2.24, 2.45) is 0 Å². The molecule has 1 aromatic heterocycles. The fourth-order valence-electron chi connectivity index (χ4n) is 2.11. The average Bonchev–Trinajstić information content (AvgIpc) is 3.01. The number of fused-ring (bicyclic) bond motifs is 1. The summed E-state index contributed by atoms with van der Waals surface area (Å²) in [6.45, 7) is 0.521. The van der Waals surface area contributed by atoms with Crippen molar-refractivity contribution in [1.82, 2.24) is 5.32 Å². The second-order valence-corrected chi connectivity index (χ2v) is 5.86. The number of carbonyl (C=O) groups is 1. The van der Waals surface area contributed by atoms with Gasteiger partial charge in [0, 0.05) is 16.7 Å². The van der Waals surface area contributed by atoms with Crippen molar-refractivity contribution >= 4 is 29.9 Å². The molecule has 2 heterocycles. The number of rotatable bonds is 3. The summed E-state index contributed by atoms with van der Waals surface area (Å²) in [4.78, 5) is 13.4. The summed E-state index contributed by atoms with van der Waals surface area (Å²) < 4.78 is 5.77. The highest BCUT2D eigenvalue weighted by atomic mass is 32.1. The summed E-state index contributed by atoms with van der Waals surface area (Å²) in [6.07, 6.45) is 0.871. The molecular formula is C14H13NO2S2. The standard InChI is InChI=1S/C14H13NO2S2/c16-14(13-6-11(18)8-19-13)15-7-10-5-9-3-1-2-4-12(9)17-10/h1-4,6,8,10,18H,5,7H2,(H,15,16). The Bertz CT molecular complexity index is 584. The Kier molecular flexibility index (Phi) is 3.48. The van der Waals surface area contributed by atoms with E-state index in [0.29, 0.717) is 11.4 Å². The molecule has 1 amide bonds. The van der Waals surface area contributed by atoms with Crippen LogP contribution in [0.25, 0.3) is 0 Å². The number of nitrogens with one attached hydrogen (secondary N) is 1. The summed E-state index contributed by atoms with van der Waals surface area (Å²) in [5.74, 6) is 0.861. The summed E-state index contributed by atoms with van der Waals surface area (Å²) in [6, 6.07) is 9.75. The molecule has 19 heavy (non-hydrogen) atoms. The van der Waals surface area contributed by atoms with E-state index in [1.54, 1.807) is 6.07 Å². The van der Waals surface area contributed by atoms with E-state index in [1.807, 2.05) is 23.6 Å². The van der Waals surface area contributed by atoms with E-state index in [4.69, 9.17) is 4.74 Å². The van der Waals surface area contributed by atoms with Crippen molar-refractivity contribution in [3.8, 4) is 5.75 Å². The molecule has 1 N–H and O–H groups in total. The number of amides is 1. The average molecular weight is 291 g/mol. The van der Waals surface area contributed by atoms with Crippen molar-refractivity contribution < 1.29 is 9.53 Å². The van der Waals surface area contributed by atoms with Crippen LogP contribution in [0.1, 0.15) is 15.2 Å². The predicted molar refractivity (Wildman–Crippen MR) is 78.5 cm³/mol. The number of carbonyl (C=O) groups excluding carboxylic acids is 1. The molecule has 0 radical (unpaired) electrons. The first-order valence-corrected chi connectivity index (χ1v) is 7.35. The highest BCUT2D eigenvalue weighted by molar-refractivity contribution is 7.80. The predicted octanol–water partition coefficient (Wildman–Crippen LogP) is 2.77. The maximum atomic E-state index is 11.9. The van der Waals surface area contributed by atoms with Crippen molar-refractivity contribution in [3.05, 3.63) is 46.2 Å². The molecule has 3 nitrogen and oxygen atoms in total. The van der Waals surface area contributed by atoms with E-state index < -0.39 is 0 Å². The van der Waals surface area contributed by atoms with Gasteiger partial charge in [-0.1, -0.05) is 18.2 Å². The van der Waals surface area contributed by atoms with E-state index in [2.05, 4.69) is 24.0 Å². The summed E-state index contributed by atoms with van der Waals surface area (Å²) >= 11 is 5.59. The fourth-order valence-corrected chi connectivity index (χ4v) is 3.17. The third-order valence-corrected chi connectivity index (χ3v) is 4.38. The molecular weight excluding hydrogens is 278 g/mol. The van der Waals surface area contributed by atoms with Crippen LogP contribution in [-0.2, 0) is 6.42 Å². The van der Waals surface area contributed by atoms with E-state index in [-0.39, 0.29) is 12.0 Å². The Morgan fingerprint density at radius 3 is 3.05 bits per heavy atom. The van der Waals surface area contributed by atoms with E-state index in [0.717, 1.165) is 17.1 Å². The number of ether oxygens (including phenoxy) is 1. The Hall–Kier alpha value is -1.46. The van der Waals surface area contributed by atoms with Crippen molar-refractivity contribution in [2.75, 3.05) is 6.54 Å². The molecule has 98 valence electrons. The molecule has 1 aliphatic rings. The van der Waals surface area contributed by atoms with Gasteiger partial charge in [0.05, 0.1) is 11.4 Å². The number of para-hydroxylation sites is 1. The molecule has 0 spiro atoms. The van der Waals surface area contributed by atoms with Gasteiger partial charge in [-0.05, 0) is 17.7 Å². The topological polar surface area (TPSA) is 38.3 Å². The minimum atomic E-state index is -0.0649. The minimum Gasteiger partial charge on any atom is -0.488 e. The van der Waals surface area contributed by atoms with Gasteiger partial charge in [-0.25, -0.2) is 0 Å². The van der Waals surface area contributed by atoms with Crippen LogP contribution in [0.3, 0.4) is 0 Å². The zero-order valence-electron chi connectivity index (χ0n) is 10.1. The van der Waals surface area contributed by atoms with Gasteiger partial charge in [0.25, 0.3) is 5.91 Å². The first-order chi connectivity index (χ1) is 9.22. The van der Waals surface area contributed by atoms with Crippen molar-refractivity contribution in [2.45, 2.75) is 17.4 Å². The molecule has 2 aromatic rings. The second-order valence-electron chi connectivity index (χ2n) is 4.43. The zero-order valence-corrected chi connectivity index (χ0v) is 11.8. The maximum absolute atomic E-state index is 11.9. The minimum absolute atomic E-state index is 0.0248. The molecule has 0 saturated heterocycles. The van der Waals surface area contributed by atoms with E-state index in [1.165, 1.54) is 16.9 Å². The number of hydrogen-bond donors (Lipinski definition) is 2. The Morgan fingerprint density at radius 1 is 1.47 bits per heavy atom. The van der Waals surface area contributed by atoms with Crippen LogP contribution in [-0.4, -0.2) is 18.6 Å². The van der Waals surface area contributed by atoms with Crippen LogP contribution < -0.4 is 10.1 Å². The molecule has 0 fully saturated rings. The lowest BCUT2D eigenvalue weighted by Crippen LogP contribution is -2.34. The fraction of sp³-hybridized carbons (Fsp3) is 0.214. The molecule has 0 saturated carbocycles. The van der Waals surface area contributed by atoms with Gasteiger partial charge in [-0.2, -0.15) is 0 Å². The number of benzene rings is 1. The van der Waals surface area contributed by atoms with Crippen molar-refractivity contribution in [3.63, 3.8) is 0 Å². The maximum Gasteiger partial charge on any atom is 0.261 e. The largest absolute Gasteiger partial charge is 0.488 e. The Labute approximate surface area is 121 Å². The number of thiophene rings is 1. The summed E-state index contributed by atoms with van der Waals surface area (Å²) in [5, 5.41) is 4.75. The third-order valence-electron chi connectivity index (χ3n) is 3.01. The smallest absolute Gasteiger partial charge is 0.261 e. The normalized spacial score (nSPS) is 16.8. The van der Waals surface area contributed by atoms with E-state index >= 15 is 0 Å². The zero-order chi connectivity index (χ0) is 13.2. The lowest BCUT2D eigenvalue weighted by atomic mass is 10.1. The van der Waals surface area contributed by atoms with Gasteiger partial charge >= 0.3 is 0 Å². The Morgan fingerprint density at radius 2 is 2.32 bits per heavy atom.